The zero-order chi connectivity index (χ0) is 13.4. The van der Waals surface area contributed by atoms with E-state index in [2.05, 4.69) is 13.0 Å². The molecule has 1 rings (SSSR count). The Kier molecular flexibility index (Phi) is 6.14. The highest BCUT2D eigenvalue weighted by Crippen LogP contribution is 2.38. The van der Waals surface area contributed by atoms with Crippen molar-refractivity contribution in [2.24, 2.45) is 5.41 Å². The third-order valence-electron chi connectivity index (χ3n) is 3.52. The van der Waals surface area contributed by atoms with Crippen LogP contribution >= 0.6 is 0 Å². The summed E-state index contributed by atoms with van der Waals surface area (Å²) in [5.41, 5.74) is -0.930. The number of hydrogen-bond acceptors (Lipinski definition) is 4. The third-order valence-corrected chi connectivity index (χ3v) is 3.52. The minimum Gasteiger partial charge on any atom is -0.465 e. The lowest BCUT2D eigenvalue weighted by Crippen LogP contribution is -2.37. The van der Waals surface area contributed by atoms with Gasteiger partial charge in [0.1, 0.15) is 0 Å². The third kappa shape index (κ3) is 3.71. The zero-order valence-electron chi connectivity index (χ0n) is 11.4. The molecular weight excluding hydrogens is 230 g/mol. The van der Waals surface area contributed by atoms with E-state index in [1.165, 1.54) is 0 Å². The maximum atomic E-state index is 11.8. The highest BCUT2D eigenvalue weighted by molar-refractivity contribution is 5.80. The number of unbranched alkanes of at least 4 members (excludes halogenated alkanes) is 1. The monoisotopic (exact) mass is 253 g/mol. The summed E-state index contributed by atoms with van der Waals surface area (Å²) in [6.45, 7) is 5.01. The Balaban J connectivity index is 2.44. The molecule has 0 bridgehead atoms. The van der Waals surface area contributed by atoms with E-state index in [9.17, 15) is 10.1 Å². The van der Waals surface area contributed by atoms with Crippen LogP contribution in [0.25, 0.3) is 0 Å². The molecule has 0 atom stereocenters. The van der Waals surface area contributed by atoms with Gasteiger partial charge in [0, 0.05) is 6.61 Å². The fraction of sp³-hybridized carbons (Fsp3) is 0.857. The molecule has 0 aromatic rings. The maximum absolute atomic E-state index is 11.8. The fourth-order valence-electron chi connectivity index (χ4n) is 2.28. The highest BCUT2D eigenvalue weighted by atomic mass is 16.5. The van der Waals surface area contributed by atoms with Gasteiger partial charge in [0.05, 0.1) is 18.8 Å². The van der Waals surface area contributed by atoms with Gasteiger partial charge in [-0.1, -0.05) is 13.3 Å². The minimum atomic E-state index is -0.930. The zero-order valence-corrected chi connectivity index (χ0v) is 11.4. The van der Waals surface area contributed by atoms with Crippen LogP contribution in [-0.2, 0) is 14.3 Å². The van der Waals surface area contributed by atoms with Crippen molar-refractivity contribution in [1.29, 1.82) is 5.26 Å². The molecule has 0 aromatic carbocycles. The van der Waals surface area contributed by atoms with Crippen LogP contribution in [0, 0.1) is 16.7 Å². The Hall–Kier alpha value is -1.08. The van der Waals surface area contributed by atoms with Crippen molar-refractivity contribution in [3.05, 3.63) is 0 Å². The molecule has 0 heterocycles. The molecule has 1 aliphatic carbocycles. The Morgan fingerprint density at radius 1 is 1.39 bits per heavy atom. The second-order valence-electron chi connectivity index (χ2n) is 4.84. The van der Waals surface area contributed by atoms with E-state index in [4.69, 9.17) is 9.47 Å². The summed E-state index contributed by atoms with van der Waals surface area (Å²) in [7, 11) is 0. The Morgan fingerprint density at radius 2 is 2.06 bits per heavy atom. The van der Waals surface area contributed by atoms with Crippen LogP contribution in [-0.4, -0.2) is 25.3 Å². The van der Waals surface area contributed by atoms with Gasteiger partial charge in [-0.25, -0.2) is 0 Å². The first-order valence-electron chi connectivity index (χ1n) is 6.88. The first-order valence-corrected chi connectivity index (χ1v) is 6.88. The van der Waals surface area contributed by atoms with E-state index < -0.39 is 5.41 Å². The molecule has 102 valence electrons. The number of carbonyl (C=O) groups is 1. The van der Waals surface area contributed by atoms with Gasteiger partial charge in [-0.05, 0) is 39.0 Å². The normalized spacial score (nSPS) is 27.5. The van der Waals surface area contributed by atoms with Crippen LogP contribution in [0.4, 0.5) is 0 Å². The molecule has 4 heteroatoms. The van der Waals surface area contributed by atoms with Crippen molar-refractivity contribution in [3.8, 4) is 6.07 Å². The van der Waals surface area contributed by atoms with Crippen molar-refractivity contribution in [2.75, 3.05) is 13.2 Å². The second kappa shape index (κ2) is 7.38. The van der Waals surface area contributed by atoms with Crippen molar-refractivity contribution >= 4 is 5.97 Å². The summed E-state index contributed by atoms with van der Waals surface area (Å²) in [5, 5.41) is 9.25. The number of rotatable bonds is 6. The van der Waals surface area contributed by atoms with Crippen LogP contribution in [0.2, 0.25) is 0 Å². The Morgan fingerprint density at radius 3 is 2.56 bits per heavy atom. The van der Waals surface area contributed by atoms with Gasteiger partial charge in [0.15, 0.2) is 5.41 Å². The topological polar surface area (TPSA) is 59.3 Å². The van der Waals surface area contributed by atoms with Crippen molar-refractivity contribution < 1.29 is 14.3 Å². The summed E-state index contributed by atoms with van der Waals surface area (Å²) in [6, 6.07) is 2.16. The number of ether oxygens (including phenoxy) is 2. The lowest BCUT2D eigenvalue weighted by Gasteiger charge is -2.32. The lowest BCUT2D eigenvalue weighted by atomic mass is 9.74. The van der Waals surface area contributed by atoms with Crippen LogP contribution in [0.3, 0.4) is 0 Å². The van der Waals surface area contributed by atoms with Gasteiger partial charge < -0.3 is 9.47 Å². The van der Waals surface area contributed by atoms with E-state index in [1.807, 2.05) is 0 Å². The van der Waals surface area contributed by atoms with Crippen LogP contribution in [0.5, 0.6) is 0 Å². The van der Waals surface area contributed by atoms with Gasteiger partial charge >= 0.3 is 5.97 Å². The van der Waals surface area contributed by atoms with Crippen LogP contribution in [0.15, 0.2) is 0 Å². The lowest BCUT2D eigenvalue weighted by molar-refractivity contribution is -0.155. The van der Waals surface area contributed by atoms with E-state index in [0.717, 1.165) is 32.3 Å². The molecule has 1 aliphatic rings. The average molecular weight is 253 g/mol. The van der Waals surface area contributed by atoms with Crippen molar-refractivity contribution in [2.45, 2.75) is 58.5 Å². The number of nitriles is 1. The average Bonchev–Trinajstić information content (AvgIpc) is 2.40. The Bertz CT molecular complexity index is 301. The summed E-state index contributed by atoms with van der Waals surface area (Å²) in [5.74, 6) is -0.362. The number of esters is 1. The van der Waals surface area contributed by atoms with Crippen LogP contribution in [0.1, 0.15) is 52.4 Å². The molecular formula is C14H23NO3. The van der Waals surface area contributed by atoms with Gasteiger partial charge in [-0.15, -0.1) is 0 Å². The predicted molar refractivity (Wildman–Crippen MR) is 67.8 cm³/mol. The predicted octanol–water partition coefficient (Wildman–Crippen LogP) is 2.82. The summed E-state index contributed by atoms with van der Waals surface area (Å²) >= 11 is 0. The second-order valence-corrected chi connectivity index (χ2v) is 4.84. The van der Waals surface area contributed by atoms with Gasteiger partial charge in [-0.2, -0.15) is 5.26 Å². The summed E-state index contributed by atoms with van der Waals surface area (Å²) < 4.78 is 10.7. The summed E-state index contributed by atoms with van der Waals surface area (Å²) in [6.07, 6.45) is 5.05. The van der Waals surface area contributed by atoms with Crippen molar-refractivity contribution in [1.82, 2.24) is 0 Å². The summed E-state index contributed by atoms with van der Waals surface area (Å²) in [4.78, 5) is 11.8. The van der Waals surface area contributed by atoms with Crippen molar-refractivity contribution in [3.63, 3.8) is 0 Å². The standard InChI is InChI=1S/C14H23NO3/c1-3-5-10-18-12-6-8-14(11-15,9-7-12)13(16)17-4-2/h12H,3-10H2,1-2H3. The van der Waals surface area contributed by atoms with Gasteiger partial charge in [0.25, 0.3) is 0 Å². The minimum absolute atomic E-state index is 0.201. The van der Waals surface area contributed by atoms with E-state index in [1.54, 1.807) is 6.92 Å². The maximum Gasteiger partial charge on any atom is 0.326 e. The molecule has 0 saturated heterocycles. The fourth-order valence-corrected chi connectivity index (χ4v) is 2.28. The molecule has 4 nitrogen and oxygen atoms in total. The van der Waals surface area contributed by atoms with Gasteiger partial charge in [-0.3, -0.25) is 4.79 Å². The van der Waals surface area contributed by atoms with E-state index in [0.29, 0.717) is 19.4 Å². The number of carbonyl (C=O) groups excluding carboxylic acids is 1. The quantitative estimate of drug-likeness (QED) is 0.539. The first kappa shape index (κ1) is 15.0. The molecule has 0 N–H and O–H groups in total. The number of nitrogens with zero attached hydrogens (tertiary/aromatic N) is 1. The molecule has 18 heavy (non-hydrogen) atoms. The molecule has 1 fully saturated rings. The van der Waals surface area contributed by atoms with E-state index in [-0.39, 0.29) is 12.1 Å². The SMILES string of the molecule is CCCCOC1CCC(C#N)(C(=O)OCC)CC1. The highest BCUT2D eigenvalue weighted by Gasteiger charge is 2.43. The molecule has 0 spiro atoms. The molecule has 0 aliphatic heterocycles. The molecule has 1 saturated carbocycles. The number of hydrogen-bond donors (Lipinski definition) is 0. The largest absolute Gasteiger partial charge is 0.465 e. The van der Waals surface area contributed by atoms with Gasteiger partial charge in [0.2, 0.25) is 0 Å². The smallest absolute Gasteiger partial charge is 0.326 e. The molecule has 0 aromatic heterocycles. The molecule has 0 radical (unpaired) electrons. The molecule has 0 amide bonds. The first-order chi connectivity index (χ1) is 8.68. The molecule has 0 unspecified atom stereocenters. The van der Waals surface area contributed by atoms with E-state index >= 15 is 0 Å². The Labute approximate surface area is 109 Å². The van der Waals surface area contributed by atoms with Crippen LogP contribution < -0.4 is 0 Å².